The Morgan fingerprint density at radius 1 is 1.58 bits per heavy atom. The molecule has 5 heteroatoms. The number of carbonyl (C=O) groups is 1. The minimum atomic E-state index is -1.22. The van der Waals surface area contributed by atoms with Gasteiger partial charge in [-0.05, 0) is 28.1 Å². The van der Waals surface area contributed by atoms with Gasteiger partial charge in [-0.3, -0.25) is 5.32 Å². The molecule has 0 spiro atoms. The lowest BCUT2D eigenvalue weighted by molar-refractivity contribution is 0.209. The second kappa shape index (κ2) is 3.53. The molecule has 3 nitrogen and oxygen atoms in total. The number of hydrogen-bond acceptors (Lipinski definition) is 1. The summed E-state index contributed by atoms with van der Waals surface area (Å²) in [5, 5.41) is 10.4. The van der Waals surface area contributed by atoms with Gasteiger partial charge in [-0.2, -0.15) is 0 Å². The third-order valence-corrected chi connectivity index (χ3v) is 2.00. The first-order chi connectivity index (χ1) is 5.61. The smallest absolute Gasteiger partial charge is 0.409 e. The summed E-state index contributed by atoms with van der Waals surface area (Å²) in [6, 6.07) is 4.11. The third kappa shape index (κ3) is 1.94. The van der Waals surface area contributed by atoms with E-state index < -0.39 is 11.9 Å². The molecule has 0 radical (unpaired) electrons. The lowest BCUT2D eigenvalue weighted by Crippen LogP contribution is -2.07. The molecule has 64 valence electrons. The van der Waals surface area contributed by atoms with Crippen LogP contribution in [0.5, 0.6) is 0 Å². The monoisotopic (exact) mass is 233 g/mol. The van der Waals surface area contributed by atoms with E-state index in [-0.39, 0.29) is 10.2 Å². The van der Waals surface area contributed by atoms with Gasteiger partial charge >= 0.3 is 6.09 Å². The number of amides is 1. The van der Waals surface area contributed by atoms with Crippen LogP contribution in [0.15, 0.2) is 22.7 Å². The van der Waals surface area contributed by atoms with Gasteiger partial charge in [0.25, 0.3) is 0 Å². The van der Waals surface area contributed by atoms with Gasteiger partial charge in [-0.1, -0.05) is 6.07 Å². The van der Waals surface area contributed by atoms with Crippen molar-refractivity contribution in [2.45, 2.75) is 0 Å². The molecule has 0 saturated heterocycles. The van der Waals surface area contributed by atoms with Crippen LogP contribution in [-0.4, -0.2) is 11.2 Å². The standard InChI is InChI=1S/C7H5BrFNO2/c8-6-4(9)2-1-3-5(6)10-7(11)12/h1-3,10H,(H,11,12). The molecule has 0 aliphatic carbocycles. The van der Waals surface area contributed by atoms with Crippen LogP contribution in [0.3, 0.4) is 0 Å². The lowest BCUT2D eigenvalue weighted by atomic mass is 10.3. The average molecular weight is 234 g/mol. The van der Waals surface area contributed by atoms with Gasteiger partial charge in [0.15, 0.2) is 0 Å². The van der Waals surface area contributed by atoms with E-state index in [0.29, 0.717) is 0 Å². The van der Waals surface area contributed by atoms with Crippen molar-refractivity contribution in [3.63, 3.8) is 0 Å². The molecule has 0 fully saturated rings. The Labute approximate surface area is 76.3 Å². The van der Waals surface area contributed by atoms with Gasteiger partial charge in [-0.25, -0.2) is 9.18 Å². The highest BCUT2D eigenvalue weighted by Gasteiger charge is 2.06. The highest BCUT2D eigenvalue weighted by atomic mass is 79.9. The summed E-state index contributed by atoms with van der Waals surface area (Å²) < 4.78 is 12.9. The zero-order chi connectivity index (χ0) is 9.14. The minimum Gasteiger partial charge on any atom is -0.465 e. The zero-order valence-corrected chi connectivity index (χ0v) is 7.43. The van der Waals surface area contributed by atoms with E-state index in [0.717, 1.165) is 0 Å². The number of nitrogens with one attached hydrogen (secondary N) is 1. The first kappa shape index (κ1) is 8.99. The second-order valence-electron chi connectivity index (χ2n) is 2.03. The maximum Gasteiger partial charge on any atom is 0.409 e. The molecule has 2 N–H and O–H groups in total. The molecule has 0 heterocycles. The molecule has 0 aromatic heterocycles. The predicted molar refractivity (Wildman–Crippen MR) is 45.7 cm³/mol. The summed E-state index contributed by atoms with van der Waals surface area (Å²) in [4.78, 5) is 10.2. The summed E-state index contributed by atoms with van der Waals surface area (Å²) in [7, 11) is 0. The Morgan fingerprint density at radius 3 is 2.83 bits per heavy atom. The Balaban J connectivity index is 3.00. The molecule has 1 amide bonds. The van der Waals surface area contributed by atoms with E-state index in [9.17, 15) is 9.18 Å². The summed E-state index contributed by atoms with van der Waals surface area (Å²) in [5.41, 5.74) is 0.197. The van der Waals surface area contributed by atoms with Crippen molar-refractivity contribution in [1.82, 2.24) is 0 Å². The topological polar surface area (TPSA) is 49.3 Å². The fraction of sp³-hybridized carbons (Fsp3) is 0. The Kier molecular flexibility index (Phi) is 2.65. The minimum absolute atomic E-state index is 0.118. The van der Waals surface area contributed by atoms with Gasteiger partial charge in [0.1, 0.15) is 5.82 Å². The average Bonchev–Trinajstić information content (AvgIpc) is 1.98. The summed E-state index contributed by atoms with van der Waals surface area (Å²) >= 11 is 2.91. The summed E-state index contributed by atoms with van der Waals surface area (Å²) in [5.74, 6) is -0.499. The number of hydrogen-bond donors (Lipinski definition) is 2. The van der Waals surface area contributed by atoms with Gasteiger partial charge < -0.3 is 5.11 Å². The Morgan fingerprint density at radius 2 is 2.25 bits per heavy atom. The van der Waals surface area contributed by atoms with Crippen LogP contribution in [0.4, 0.5) is 14.9 Å². The molecule has 0 atom stereocenters. The molecule has 1 aromatic carbocycles. The van der Waals surface area contributed by atoms with E-state index in [1.807, 2.05) is 5.32 Å². The number of benzene rings is 1. The number of anilines is 1. The Bertz CT molecular complexity index is 316. The van der Waals surface area contributed by atoms with Crippen LogP contribution in [0.1, 0.15) is 0 Å². The highest BCUT2D eigenvalue weighted by molar-refractivity contribution is 9.10. The molecule has 0 aliphatic heterocycles. The lowest BCUT2D eigenvalue weighted by Gasteiger charge is -2.03. The van der Waals surface area contributed by atoms with Gasteiger partial charge in [0, 0.05) is 0 Å². The number of carboxylic acid groups (broad SMARTS) is 1. The largest absolute Gasteiger partial charge is 0.465 e. The van der Waals surface area contributed by atoms with Crippen LogP contribution < -0.4 is 5.32 Å². The third-order valence-electron chi connectivity index (χ3n) is 1.19. The number of rotatable bonds is 1. The molecule has 0 unspecified atom stereocenters. The van der Waals surface area contributed by atoms with Crippen molar-refractivity contribution in [2.75, 3.05) is 5.32 Å². The van der Waals surface area contributed by atoms with E-state index in [2.05, 4.69) is 15.9 Å². The van der Waals surface area contributed by atoms with E-state index >= 15 is 0 Å². The van der Waals surface area contributed by atoms with E-state index in [1.54, 1.807) is 0 Å². The van der Waals surface area contributed by atoms with Crippen molar-refractivity contribution >= 4 is 27.7 Å². The first-order valence-corrected chi connectivity index (χ1v) is 3.84. The van der Waals surface area contributed by atoms with E-state index in [4.69, 9.17) is 5.11 Å². The molecule has 0 saturated carbocycles. The summed E-state index contributed by atoms with van der Waals surface area (Å²) in [6.45, 7) is 0. The van der Waals surface area contributed by atoms with Crippen molar-refractivity contribution < 1.29 is 14.3 Å². The molecule has 0 bridgehead atoms. The Hall–Kier alpha value is -1.10. The van der Waals surface area contributed by atoms with Crippen LogP contribution in [-0.2, 0) is 0 Å². The van der Waals surface area contributed by atoms with Crippen molar-refractivity contribution in [2.24, 2.45) is 0 Å². The fourth-order valence-electron chi connectivity index (χ4n) is 0.716. The van der Waals surface area contributed by atoms with Crippen LogP contribution in [0, 0.1) is 5.82 Å². The normalized spacial score (nSPS) is 9.50. The van der Waals surface area contributed by atoms with Crippen LogP contribution in [0.25, 0.3) is 0 Å². The molecular formula is C7H5BrFNO2. The zero-order valence-electron chi connectivity index (χ0n) is 5.84. The van der Waals surface area contributed by atoms with Crippen molar-refractivity contribution in [1.29, 1.82) is 0 Å². The van der Waals surface area contributed by atoms with Crippen LogP contribution >= 0.6 is 15.9 Å². The van der Waals surface area contributed by atoms with Gasteiger partial charge in [-0.15, -0.1) is 0 Å². The summed E-state index contributed by atoms with van der Waals surface area (Å²) in [6.07, 6.45) is -1.22. The van der Waals surface area contributed by atoms with Crippen LogP contribution in [0.2, 0.25) is 0 Å². The maximum absolute atomic E-state index is 12.7. The maximum atomic E-state index is 12.7. The van der Waals surface area contributed by atoms with Gasteiger partial charge in [0.05, 0.1) is 10.2 Å². The quantitative estimate of drug-likeness (QED) is 0.784. The van der Waals surface area contributed by atoms with E-state index in [1.165, 1.54) is 18.2 Å². The van der Waals surface area contributed by atoms with Crippen molar-refractivity contribution in [3.8, 4) is 0 Å². The SMILES string of the molecule is O=C(O)Nc1cccc(F)c1Br. The van der Waals surface area contributed by atoms with Gasteiger partial charge in [0.2, 0.25) is 0 Å². The highest BCUT2D eigenvalue weighted by Crippen LogP contribution is 2.24. The molecule has 12 heavy (non-hydrogen) atoms. The number of halogens is 2. The second-order valence-corrected chi connectivity index (χ2v) is 2.82. The molecule has 0 aliphatic rings. The molecule has 1 aromatic rings. The predicted octanol–water partition coefficient (Wildman–Crippen LogP) is 2.68. The van der Waals surface area contributed by atoms with Crippen molar-refractivity contribution in [3.05, 3.63) is 28.5 Å². The fourth-order valence-corrected chi connectivity index (χ4v) is 1.08. The molecule has 1 rings (SSSR count). The first-order valence-electron chi connectivity index (χ1n) is 3.05. The molecular weight excluding hydrogens is 229 g/mol.